The van der Waals surface area contributed by atoms with E-state index in [-0.39, 0.29) is 17.2 Å². The zero-order valence-electron chi connectivity index (χ0n) is 23.9. The van der Waals surface area contributed by atoms with Crippen LogP contribution in [0.2, 0.25) is 0 Å². The number of carbonyl (C=O) groups excluding carboxylic acids is 1. The van der Waals surface area contributed by atoms with Crippen molar-refractivity contribution in [3.63, 3.8) is 0 Å². The van der Waals surface area contributed by atoms with Gasteiger partial charge in [-0.05, 0) is 48.9 Å². The van der Waals surface area contributed by atoms with Crippen LogP contribution in [0.3, 0.4) is 0 Å². The number of aromatic nitrogens is 3. The molecule has 0 aliphatic carbocycles. The highest BCUT2D eigenvalue weighted by molar-refractivity contribution is 5.73. The number of likely N-dealkylation sites (tertiary alicyclic amines) is 2. The lowest BCUT2D eigenvalue weighted by Gasteiger charge is -2.57. The van der Waals surface area contributed by atoms with Gasteiger partial charge in [0.05, 0.1) is 0 Å². The normalized spacial score (nSPS) is 19.6. The number of piperidine rings is 1. The van der Waals surface area contributed by atoms with Crippen LogP contribution >= 0.6 is 0 Å². The first kappa shape index (κ1) is 27.5. The summed E-state index contributed by atoms with van der Waals surface area (Å²) >= 11 is 0. The number of nitrogens with zero attached hydrogens (tertiary/aromatic N) is 5. The number of benzene rings is 1. The zero-order chi connectivity index (χ0) is 27.8. The fourth-order valence-electron chi connectivity index (χ4n) is 6.34. The minimum Gasteiger partial charge on any atom is -0.380 e. The summed E-state index contributed by atoms with van der Waals surface area (Å²) in [4.78, 5) is 25.2. The van der Waals surface area contributed by atoms with Gasteiger partial charge in [-0.1, -0.05) is 57.1 Å². The molecule has 1 amide bonds. The van der Waals surface area contributed by atoms with Gasteiger partial charge in [0.1, 0.15) is 5.60 Å². The minimum absolute atomic E-state index is 0.104. The van der Waals surface area contributed by atoms with Gasteiger partial charge in [0, 0.05) is 68.0 Å². The van der Waals surface area contributed by atoms with Crippen molar-refractivity contribution in [2.75, 3.05) is 32.7 Å². The first-order valence-electron chi connectivity index (χ1n) is 14.2. The van der Waals surface area contributed by atoms with Crippen LogP contribution < -0.4 is 0 Å². The monoisotopic (exact) mass is 531 g/mol. The molecular weight excluding hydrogens is 490 g/mol. The molecule has 1 N–H and O–H groups in total. The third-order valence-corrected chi connectivity index (χ3v) is 8.70. The van der Waals surface area contributed by atoms with Crippen LogP contribution in [0.1, 0.15) is 88.3 Å². The lowest BCUT2D eigenvalue weighted by Crippen LogP contribution is -2.64. The van der Waals surface area contributed by atoms with Crippen molar-refractivity contribution in [1.82, 2.24) is 24.9 Å². The van der Waals surface area contributed by atoms with Crippen molar-refractivity contribution in [1.29, 1.82) is 0 Å². The van der Waals surface area contributed by atoms with Crippen molar-refractivity contribution in [2.45, 2.75) is 71.3 Å². The molecule has 8 heteroatoms. The summed E-state index contributed by atoms with van der Waals surface area (Å²) in [5.74, 6) is 1.72. The zero-order valence-corrected chi connectivity index (χ0v) is 23.9. The van der Waals surface area contributed by atoms with Gasteiger partial charge in [-0.3, -0.25) is 9.78 Å². The molecule has 1 aromatic carbocycles. The number of carbonyl (C=O) groups is 1. The van der Waals surface area contributed by atoms with Gasteiger partial charge in [-0.25, -0.2) is 0 Å². The Morgan fingerprint density at radius 3 is 2.46 bits per heavy atom. The van der Waals surface area contributed by atoms with E-state index in [2.05, 4.69) is 67.0 Å². The SMILES string of the molecule is CCCN1CC(C)(C(O)(c2ccc(C(C)C)cc2)c2cncc(-c3noc(C4CCN(C(C)=O)CC4)n3)c2)C1. The maximum absolute atomic E-state index is 12.6. The van der Waals surface area contributed by atoms with Crippen molar-refractivity contribution in [3.05, 3.63) is 65.3 Å². The third-order valence-electron chi connectivity index (χ3n) is 8.70. The summed E-state index contributed by atoms with van der Waals surface area (Å²) in [6, 6.07) is 10.3. The lowest BCUT2D eigenvalue weighted by molar-refractivity contribution is -0.135. The highest BCUT2D eigenvalue weighted by Gasteiger charge is 2.56. The highest BCUT2D eigenvalue weighted by Crippen LogP contribution is 2.51. The Morgan fingerprint density at radius 2 is 1.85 bits per heavy atom. The molecule has 39 heavy (non-hydrogen) atoms. The Labute approximate surface area is 231 Å². The molecule has 2 aliphatic rings. The van der Waals surface area contributed by atoms with Crippen LogP contribution in [-0.4, -0.2) is 68.7 Å². The molecular formula is C31H41N5O3. The van der Waals surface area contributed by atoms with E-state index in [4.69, 9.17) is 9.51 Å². The Balaban J connectivity index is 1.46. The predicted octanol–water partition coefficient (Wildman–Crippen LogP) is 4.95. The van der Waals surface area contributed by atoms with E-state index in [1.165, 1.54) is 5.56 Å². The highest BCUT2D eigenvalue weighted by atomic mass is 16.5. The summed E-state index contributed by atoms with van der Waals surface area (Å²) in [6.07, 6.45) is 6.19. The number of amides is 1. The molecule has 0 saturated carbocycles. The maximum Gasteiger partial charge on any atom is 0.230 e. The summed E-state index contributed by atoms with van der Waals surface area (Å²) in [7, 11) is 0. The summed E-state index contributed by atoms with van der Waals surface area (Å²) < 4.78 is 5.68. The fraction of sp³-hybridized carbons (Fsp3) is 0.548. The second-order valence-electron chi connectivity index (χ2n) is 12.0. The van der Waals surface area contributed by atoms with Crippen LogP contribution in [0.25, 0.3) is 11.4 Å². The molecule has 0 radical (unpaired) electrons. The minimum atomic E-state index is -1.23. The molecule has 2 aromatic heterocycles. The average molecular weight is 532 g/mol. The van der Waals surface area contributed by atoms with Gasteiger partial charge in [0.15, 0.2) is 0 Å². The standard InChI is InChI=1S/C31H41N5O3/c1-6-13-35-19-30(5,20-35)31(38,26-9-7-23(8-10-26)21(2)3)27-16-25(17-32-18-27)28-33-29(39-34-28)24-11-14-36(15-12-24)22(4)37/h7-10,16-18,21,24,38H,6,11-15,19-20H2,1-5H3. The van der Waals surface area contributed by atoms with Crippen molar-refractivity contribution < 1.29 is 14.4 Å². The lowest BCUT2D eigenvalue weighted by atomic mass is 9.62. The molecule has 208 valence electrons. The molecule has 8 nitrogen and oxygen atoms in total. The molecule has 1 atom stereocenters. The van der Waals surface area contributed by atoms with E-state index in [0.29, 0.717) is 36.3 Å². The Bertz CT molecular complexity index is 1290. The second kappa shape index (κ2) is 10.8. The Morgan fingerprint density at radius 1 is 1.15 bits per heavy atom. The maximum atomic E-state index is 12.6. The summed E-state index contributed by atoms with van der Waals surface area (Å²) in [6.45, 7) is 14.3. The van der Waals surface area contributed by atoms with Gasteiger partial charge in [-0.15, -0.1) is 0 Å². The van der Waals surface area contributed by atoms with E-state index >= 15 is 0 Å². The topological polar surface area (TPSA) is 95.6 Å². The number of pyridine rings is 1. The first-order chi connectivity index (χ1) is 18.6. The summed E-state index contributed by atoms with van der Waals surface area (Å²) in [5, 5.41) is 16.9. The van der Waals surface area contributed by atoms with E-state index in [1.807, 2.05) is 11.0 Å². The molecule has 0 spiro atoms. The second-order valence-corrected chi connectivity index (χ2v) is 12.0. The molecule has 4 heterocycles. The number of hydrogen-bond acceptors (Lipinski definition) is 7. The first-order valence-corrected chi connectivity index (χ1v) is 14.2. The molecule has 3 aromatic rings. The molecule has 1 unspecified atom stereocenters. The molecule has 5 rings (SSSR count). The van der Waals surface area contributed by atoms with Crippen LogP contribution in [-0.2, 0) is 10.4 Å². The number of rotatable bonds is 8. The Kier molecular flexibility index (Phi) is 7.62. The van der Waals surface area contributed by atoms with E-state index in [9.17, 15) is 9.90 Å². The van der Waals surface area contributed by atoms with Crippen LogP contribution in [0.4, 0.5) is 0 Å². The van der Waals surface area contributed by atoms with Crippen LogP contribution in [0.15, 0.2) is 47.2 Å². The fourth-order valence-corrected chi connectivity index (χ4v) is 6.34. The third kappa shape index (κ3) is 5.12. The molecule has 2 fully saturated rings. The van der Waals surface area contributed by atoms with Gasteiger partial charge in [-0.2, -0.15) is 4.98 Å². The predicted molar refractivity (Wildman–Crippen MR) is 150 cm³/mol. The number of aliphatic hydroxyl groups is 1. The van der Waals surface area contributed by atoms with E-state index < -0.39 is 5.60 Å². The van der Waals surface area contributed by atoms with Gasteiger partial charge < -0.3 is 19.4 Å². The molecule has 2 aliphatic heterocycles. The van der Waals surface area contributed by atoms with Crippen LogP contribution in [0.5, 0.6) is 0 Å². The van der Waals surface area contributed by atoms with Crippen molar-refractivity contribution in [2.24, 2.45) is 5.41 Å². The molecule has 2 saturated heterocycles. The van der Waals surface area contributed by atoms with Gasteiger partial charge >= 0.3 is 0 Å². The van der Waals surface area contributed by atoms with Gasteiger partial charge in [0.2, 0.25) is 17.6 Å². The largest absolute Gasteiger partial charge is 0.380 e. The van der Waals surface area contributed by atoms with E-state index in [1.54, 1.807) is 19.3 Å². The Hall–Kier alpha value is -3.10. The van der Waals surface area contributed by atoms with Crippen molar-refractivity contribution >= 4 is 5.91 Å². The van der Waals surface area contributed by atoms with Crippen LogP contribution in [0, 0.1) is 5.41 Å². The number of hydrogen-bond donors (Lipinski definition) is 1. The molecule has 0 bridgehead atoms. The quantitative estimate of drug-likeness (QED) is 0.439. The average Bonchev–Trinajstić information content (AvgIpc) is 3.42. The summed E-state index contributed by atoms with van der Waals surface area (Å²) in [5.41, 5.74) is 1.95. The van der Waals surface area contributed by atoms with E-state index in [0.717, 1.165) is 50.0 Å². The van der Waals surface area contributed by atoms with Gasteiger partial charge in [0.25, 0.3) is 0 Å². The van der Waals surface area contributed by atoms with Crippen molar-refractivity contribution in [3.8, 4) is 11.4 Å². The smallest absolute Gasteiger partial charge is 0.230 e.